The number of hydrogen-bond acceptors (Lipinski definition) is 6. The summed E-state index contributed by atoms with van der Waals surface area (Å²) < 4.78 is 13.3. The Hall–Kier alpha value is -2.90. The van der Waals surface area contributed by atoms with Gasteiger partial charge in [-0.05, 0) is 55.6 Å². The third kappa shape index (κ3) is 4.93. The summed E-state index contributed by atoms with van der Waals surface area (Å²) in [5, 5.41) is 6.37. The molecular formula is C21H22ClFN6. The van der Waals surface area contributed by atoms with Crippen LogP contribution in [-0.4, -0.2) is 48.1 Å². The molecule has 0 unspecified atom stereocenters. The molecule has 6 nitrogen and oxygen atoms in total. The molecule has 0 aliphatic carbocycles. The second-order valence-corrected chi connectivity index (χ2v) is 7.39. The number of rotatable bonds is 5. The molecule has 0 atom stereocenters. The molecule has 8 heteroatoms. The van der Waals surface area contributed by atoms with E-state index in [2.05, 4.69) is 49.6 Å². The highest BCUT2D eigenvalue weighted by atomic mass is 35.5. The van der Waals surface area contributed by atoms with Crippen LogP contribution in [0.3, 0.4) is 0 Å². The number of nitrogens with zero attached hydrogens (tertiary/aromatic N) is 4. The number of anilines is 5. The van der Waals surface area contributed by atoms with Gasteiger partial charge in [-0.2, -0.15) is 4.98 Å². The molecule has 2 N–H and O–H groups in total. The van der Waals surface area contributed by atoms with Gasteiger partial charge in [-0.15, -0.1) is 0 Å². The second-order valence-electron chi connectivity index (χ2n) is 6.98. The van der Waals surface area contributed by atoms with E-state index in [-0.39, 0.29) is 5.02 Å². The lowest BCUT2D eigenvalue weighted by Crippen LogP contribution is -2.44. The first-order chi connectivity index (χ1) is 14.1. The molecule has 0 amide bonds. The summed E-state index contributed by atoms with van der Waals surface area (Å²) in [6.45, 7) is 4.22. The van der Waals surface area contributed by atoms with Crippen molar-refractivity contribution in [3.8, 4) is 0 Å². The van der Waals surface area contributed by atoms with E-state index in [0.29, 0.717) is 17.5 Å². The minimum absolute atomic E-state index is 0.0582. The van der Waals surface area contributed by atoms with Gasteiger partial charge in [0.25, 0.3) is 0 Å². The van der Waals surface area contributed by atoms with Crippen LogP contribution in [0.4, 0.5) is 33.2 Å². The molecule has 2 aromatic carbocycles. The van der Waals surface area contributed by atoms with Crippen molar-refractivity contribution < 1.29 is 4.39 Å². The molecule has 1 aliphatic heterocycles. The fourth-order valence-electron chi connectivity index (χ4n) is 3.16. The fraction of sp³-hybridized carbons (Fsp3) is 0.238. The number of likely N-dealkylation sites (N-methyl/N-ethyl adjacent to an activating group) is 1. The normalized spacial score (nSPS) is 14.7. The van der Waals surface area contributed by atoms with Gasteiger partial charge in [0.2, 0.25) is 5.95 Å². The summed E-state index contributed by atoms with van der Waals surface area (Å²) in [4.78, 5) is 13.4. The topological polar surface area (TPSA) is 56.3 Å². The Labute approximate surface area is 174 Å². The van der Waals surface area contributed by atoms with E-state index in [0.717, 1.165) is 31.9 Å². The molecule has 0 radical (unpaired) electrons. The highest BCUT2D eigenvalue weighted by Gasteiger charge is 2.14. The molecule has 4 rings (SSSR count). The number of halogens is 2. The molecule has 1 aromatic heterocycles. The van der Waals surface area contributed by atoms with Crippen LogP contribution in [0, 0.1) is 5.82 Å². The average molecular weight is 413 g/mol. The van der Waals surface area contributed by atoms with E-state index < -0.39 is 5.82 Å². The van der Waals surface area contributed by atoms with Crippen molar-refractivity contribution in [2.75, 3.05) is 48.8 Å². The van der Waals surface area contributed by atoms with E-state index in [1.165, 1.54) is 17.8 Å². The smallest absolute Gasteiger partial charge is 0.229 e. The number of piperazine rings is 1. The van der Waals surface area contributed by atoms with Crippen molar-refractivity contribution in [1.29, 1.82) is 0 Å². The SMILES string of the molecule is CN1CCN(c2ccc(Nc3nccc(Nc4ccc(F)c(Cl)c4)n3)cc2)CC1. The first-order valence-corrected chi connectivity index (χ1v) is 9.80. The lowest BCUT2D eigenvalue weighted by atomic mass is 10.2. The maximum Gasteiger partial charge on any atom is 0.229 e. The summed E-state index contributed by atoms with van der Waals surface area (Å²) in [5.74, 6) is 0.595. The minimum Gasteiger partial charge on any atom is -0.369 e. The number of nitrogens with one attached hydrogen (secondary N) is 2. The van der Waals surface area contributed by atoms with E-state index in [4.69, 9.17) is 11.6 Å². The van der Waals surface area contributed by atoms with Crippen molar-refractivity contribution in [3.05, 3.63) is 65.6 Å². The lowest BCUT2D eigenvalue weighted by molar-refractivity contribution is 0.313. The fourth-order valence-corrected chi connectivity index (χ4v) is 3.34. The Morgan fingerprint density at radius 2 is 1.66 bits per heavy atom. The molecule has 1 aliphatic rings. The van der Waals surface area contributed by atoms with Gasteiger partial charge in [-0.3, -0.25) is 0 Å². The third-order valence-corrected chi connectivity index (χ3v) is 5.13. The summed E-state index contributed by atoms with van der Waals surface area (Å²) >= 11 is 5.83. The van der Waals surface area contributed by atoms with Crippen LogP contribution in [-0.2, 0) is 0 Å². The van der Waals surface area contributed by atoms with Crippen molar-refractivity contribution in [3.63, 3.8) is 0 Å². The maximum absolute atomic E-state index is 13.3. The maximum atomic E-state index is 13.3. The molecule has 1 fully saturated rings. The Bertz CT molecular complexity index is 973. The lowest BCUT2D eigenvalue weighted by Gasteiger charge is -2.34. The molecule has 3 aromatic rings. The molecule has 1 saturated heterocycles. The van der Waals surface area contributed by atoms with Gasteiger partial charge in [0.15, 0.2) is 0 Å². The number of aromatic nitrogens is 2. The van der Waals surface area contributed by atoms with Gasteiger partial charge in [0.05, 0.1) is 5.02 Å². The summed E-state index contributed by atoms with van der Waals surface area (Å²) in [5.41, 5.74) is 2.77. The Kier molecular flexibility index (Phi) is 5.78. The zero-order valence-electron chi connectivity index (χ0n) is 16.1. The van der Waals surface area contributed by atoms with Gasteiger partial charge in [0, 0.05) is 49.4 Å². The zero-order chi connectivity index (χ0) is 20.2. The zero-order valence-corrected chi connectivity index (χ0v) is 16.8. The Morgan fingerprint density at radius 3 is 2.38 bits per heavy atom. The van der Waals surface area contributed by atoms with Crippen molar-refractivity contribution in [2.24, 2.45) is 0 Å². The predicted octanol–water partition coefficient (Wildman–Crippen LogP) is 4.51. The van der Waals surface area contributed by atoms with Gasteiger partial charge < -0.3 is 20.4 Å². The van der Waals surface area contributed by atoms with Crippen LogP contribution < -0.4 is 15.5 Å². The number of hydrogen-bond donors (Lipinski definition) is 2. The Balaban J connectivity index is 1.41. The highest BCUT2D eigenvalue weighted by Crippen LogP contribution is 2.24. The largest absolute Gasteiger partial charge is 0.369 e. The molecule has 2 heterocycles. The van der Waals surface area contributed by atoms with E-state index in [1.54, 1.807) is 18.3 Å². The van der Waals surface area contributed by atoms with Crippen molar-refractivity contribution >= 4 is 40.4 Å². The van der Waals surface area contributed by atoms with Crippen LogP contribution in [0.2, 0.25) is 5.02 Å². The first-order valence-electron chi connectivity index (χ1n) is 9.42. The molecule has 0 saturated carbocycles. The van der Waals surface area contributed by atoms with Crippen molar-refractivity contribution in [2.45, 2.75) is 0 Å². The standard InChI is InChI=1S/C21H22ClFN6/c1-28-10-12-29(13-11-28)17-5-2-15(3-6-17)26-21-24-9-8-20(27-21)25-16-4-7-19(23)18(22)14-16/h2-9,14H,10-13H2,1H3,(H2,24,25,26,27). The molecular weight excluding hydrogens is 391 g/mol. The first kappa shape index (κ1) is 19.4. The Morgan fingerprint density at radius 1 is 0.931 bits per heavy atom. The van der Waals surface area contributed by atoms with Crippen LogP contribution in [0.25, 0.3) is 0 Å². The third-order valence-electron chi connectivity index (χ3n) is 4.84. The average Bonchev–Trinajstić information content (AvgIpc) is 2.72. The van der Waals surface area contributed by atoms with Gasteiger partial charge in [-0.1, -0.05) is 11.6 Å². The summed E-state index contributed by atoms with van der Waals surface area (Å²) in [6, 6.07) is 14.4. The molecule has 0 bridgehead atoms. The van der Waals surface area contributed by atoms with Crippen LogP contribution in [0.15, 0.2) is 54.7 Å². The molecule has 150 valence electrons. The summed E-state index contributed by atoms with van der Waals surface area (Å²) in [6.07, 6.45) is 1.65. The van der Waals surface area contributed by atoms with Gasteiger partial charge in [0.1, 0.15) is 11.6 Å². The van der Waals surface area contributed by atoms with Crippen LogP contribution in [0.5, 0.6) is 0 Å². The van der Waals surface area contributed by atoms with E-state index >= 15 is 0 Å². The number of benzene rings is 2. The van der Waals surface area contributed by atoms with E-state index in [1.807, 2.05) is 12.1 Å². The van der Waals surface area contributed by atoms with Gasteiger partial charge >= 0.3 is 0 Å². The second kappa shape index (κ2) is 8.63. The summed E-state index contributed by atoms with van der Waals surface area (Å²) in [7, 11) is 2.15. The van der Waals surface area contributed by atoms with Gasteiger partial charge in [-0.25, -0.2) is 9.37 Å². The van der Waals surface area contributed by atoms with Crippen molar-refractivity contribution in [1.82, 2.24) is 14.9 Å². The monoisotopic (exact) mass is 412 g/mol. The van der Waals surface area contributed by atoms with Crippen LogP contribution >= 0.6 is 11.6 Å². The van der Waals surface area contributed by atoms with E-state index in [9.17, 15) is 4.39 Å². The molecule has 0 spiro atoms. The van der Waals surface area contributed by atoms with Crippen LogP contribution in [0.1, 0.15) is 0 Å². The molecule has 29 heavy (non-hydrogen) atoms. The highest BCUT2D eigenvalue weighted by molar-refractivity contribution is 6.31. The quantitative estimate of drug-likeness (QED) is 0.643. The predicted molar refractivity (Wildman–Crippen MR) is 116 cm³/mol. The minimum atomic E-state index is -0.456.